The van der Waals surface area contributed by atoms with Gasteiger partial charge in [0.2, 0.25) is 0 Å². The number of hydrogen-bond acceptors (Lipinski definition) is 5. The van der Waals surface area contributed by atoms with Gasteiger partial charge in [-0.2, -0.15) is 10.1 Å². The van der Waals surface area contributed by atoms with Crippen LogP contribution in [-0.4, -0.2) is 30.1 Å². The molecule has 1 heterocycles. The second-order valence-corrected chi connectivity index (χ2v) is 10.2. The van der Waals surface area contributed by atoms with Crippen molar-refractivity contribution in [1.29, 1.82) is 0 Å². The highest BCUT2D eigenvalue weighted by Gasteiger charge is 2.73. The first kappa shape index (κ1) is 21.7. The van der Waals surface area contributed by atoms with Gasteiger partial charge in [-0.05, 0) is 66.0 Å². The second-order valence-electron chi connectivity index (χ2n) is 9.39. The zero-order valence-electron chi connectivity index (χ0n) is 18.4. The lowest BCUT2D eigenvalue weighted by atomic mass is 9.85. The molecule has 1 spiro atoms. The van der Waals surface area contributed by atoms with Gasteiger partial charge in [0.15, 0.2) is 11.5 Å². The summed E-state index contributed by atoms with van der Waals surface area (Å²) < 4.78 is 11.4. The normalized spacial score (nSPS) is 27.8. The molecule has 0 N–H and O–H groups in total. The van der Waals surface area contributed by atoms with E-state index in [-0.39, 0.29) is 47.5 Å². The number of methoxy groups -OCH3 is 1. The number of fused-ring (bicyclic) bond motifs is 3. The van der Waals surface area contributed by atoms with Crippen LogP contribution in [0.25, 0.3) is 0 Å². The van der Waals surface area contributed by atoms with E-state index < -0.39 is 0 Å². The average molecular weight is 497 g/mol. The topological polar surface area (TPSA) is 68.2 Å². The molecule has 0 radical (unpaired) electrons. The maximum Gasteiger partial charge on any atom is 0.254 e. The van der Waals surface area contributed by atoms with E-state index in [4.69, 9.17) is 32.7 Å². The molecule has 2 saturated carbocycles. The van der Waals surface area contributed by atoms with Crippen molar-refractivity contribution in [2.45, 2.75) is 19.4 Å². The van der Waals surface area contributed by atoms with Gasteiger partial charge in [-0.1, -0.05) is 41.4 Å². The molecule has 1 aliphatic heterocycles. The number of carbonyl (C=O) groups is 2. The van der Waals surface area contributed by atoms with Crippen LogP contribution in [0.4, 0.5) is 0 Å². The van der Waals surface area contributed by atoms with Crippen LogP contribution in [0.15, 0.2) is 53.7 Å². The maximum atomic E-state index is 13.1. The van der Waals surface area contributed by atoms with E-state index >= 15 is 0 Å². The highest BCUT2D eigenvalue weighted by molar-refractivity contribution is 6.35. The fourth-order valence-corrected chi connectivity index (χ4v) is 6.44. The third kappa shape index (κ3) is 3.19. The standard InChI is InChI=1S/C26H22Cl2N2O4/c1-33-21-10-14(2-7-20(21)34-13-15-3-4-16(27)11-19(15)28)12-29-30-24(31)22-17-5-6-18(23(22)25(30)32)26(17)8-9-26/h2-7,10-12,17-18,22-23H,8-9,13H2,1H3/b29-12-/t17-,18-,22+,23+/m1/s1. The lowest BCUT2D eigenvalue weighted by Gasteiger charge is -2.18. The highest BCUT2D eigenvalue weighted by atomic mass is 35.5. The van der Waals surface area contributed by atoms with Crippen molar-refractivity contribution in [3.8, 4) is 11.5 Å². The van der Waals surface area contributed by atoms with Crippen LogP contribution in [0.2, 0.25) is 10.0 Å². The van der Waals surface area contributed by atoms with E-state index in [1.54, 1.807) is 37.4 Å². The van der Waals surface area contributed by atoms with Gasteiger partial charge in [0.1, 0.15) is 6.61 Å². The summed E-state index contributed by atoms with van der Waals surface area (Å²) >= 11 is 12.2. The van der Waals surface area contributed by atoms with E-state index in [1.165, 1.54) is 6.21 Å². The van der Waals surface area contributed by atoms with Crippen molar-refractivity contribution in [3.63, 3.8) is 0 Å². The minimum atomic E-state index is -0.257. The Balaban J connectivity index is 1.17. The zero-order valence-corrected chi connectivity index (χ0v) is 19.9. The quantitative estimate of drug-likeness (QED) is 0.316. The fraction of sp³-hybridized carbons (Fsp3) is 0.346. The summed E-state index contributed by atoms with van der Waals surface area (Å²) in [5.74, 6) is 0.532. The Labute approximate surface area is 207 Å². The van der Waals surface area contributed by atoms with Crippen molar-refractivity contribution >= 4 is 41.2 Å². The van der Waals surface area contributed by atoms with Crippen molar-refractivity contribution in [2.75, 3.05) is 7.11 Å². The van der Waals surface area contributed by atoms with Crippen LogP contribution in [0.3, 0.4) is 0 Å². The maximum absolute atomic E-state index is 13.1. The number of rotatable bonds is 6. The first-order chi connectivity index (χ1) is 16.4. The summed E-state index contributed by atoms with van der Waals surface area (Å²) in [5, 5.41) is 6.43. The van der Waals surface area contributed by atoms with Crippen molar-refractivity contribution in [1.82, 2.24) is 5.01 Å². The van der Waals surface area contributed by atoms with Crippen LogP contribution in [0.5, 0.6) is 11.5 Å². The minimum absolute atomic E-state index is 0.176. The Kier molecular flexibility index (Phi) is 5.01. The molecule has 2 aromatic rings. The summed E-state index contributed by atoms with van der Waals surface area (Å²) in [6.07, 6.45) is 8.05. The first-order valence-electron chi connectivity index (χ1n) is 11.3. The minimum Gasteiger partial charge on any atom is -0.493 e. The molecule has 2 amide bonds. The smallest absolute Gasteiger partial charge is 0.254 e. The van der Waals surface area contributed by atoms with Gasteiger partial charge in [-0.25, -0.2) is 0 Å². The lowest BCUT2D eigenvalue weighted by Crippen LogP contribution is -2.30. The third-order valence-corrected chi connectivity index (χ3v) is 8.32. The van der Waals surface area contributed by atoms with Gasteiger partial charge >= 0.3 is 0 Å². The molecule has 4 aliphatic rings. The molecule has 6 nitrogen and oxygen atoms in total. The molecule has 3 fully saturated rings. The molecule has 34 heavy (non-hydrogen) atoms. The molecule has 0 aromatic heterocycles. The highest BCUT2D eigenvalue weighted by Crippen LogP contribution is 2.73. The van der Waals surface area contributed by atoms with Gasteiger partial charge in [0.25, 0.3) is 11.8 Å². The predicted octanol–water partition coefficient (Wildman–Crippen LogP) is 5.11. The van der Waals surface area contributed by atoms with Crippen LogP contribution >= 0.6 is 23.2 Å². The number of ether oxygens (including phenoxy) is 2. The van der Waals surface area contributed by atoms with Crippen molar-refractivity contribution in [3.05, 3.63) is 69.7 Å². The Morgan fingerprint density at radius 1 is 1.03 bits per heavy atom. The molecule has 8 heteroatoms. The summed E-state index contributed by atoms with van der Waals surface area (Å²) in [6, 6.07) is 10.5. The van der Waals surface area contributed by atoms with Crippen molar-refractivity contribution in [2.24, 2.45) is 34.2 Å². The molecule has 3 aliphatic carbocycles. The number of imide groups is 1. The van der Waals surface area contributed by atoms with Gasteiger partial charge in [0.05, 0.1) is 25.2 Å². The Morgan fingerprint density at radius 2 is 1.74 bits per heavy atom. The van der Waals surface area contributed by atoms with Crippen LogP contribution in [0.1, 0.15) is 24.0 Å². The predicted molar refractivity (Wildman–Crippen MR) is 128 cm³/mol. The van der Waals surface area contributed by atoms with E-state index in [0.29, 0.717) is 27.1 Å². The molecule has 1 saturated heterocycles. The molecule has 174 valence electrons. The Bertz CT molecular complexity index is 1240. The van der Waals surface area contributed by atoms with Gasteiger partial charge in [0, 0.05) is 15.6 Å². The SMILES string of the molecule is COc1cc(/C=N\N2C(=O)[C@@H]3[C@@H](C2=O)[C@H]2C=C[C@H]3C23CC3)ccc1OCc1ccc(Cl)cc1Cl. The van der Waals surface area contributed by atoms with E-state index in [2.05, 4.69) is 17.3 Å². The van der Waals surface area contributed by atoms with Crippen LogP contribution in [0, 0.1) is 29.1 Å². The van der Waals surface area contributed by atoms with Crippen LogP contribution in [-0.2, 0) is 16.2 Å². The number of nitrogens with zero attached hydrogens (tertiary/aromatic N) is 2. The molecule has 4 atom stereocenters. The van der Waals surface area contributed by atoms with Gasteiger partial charge in [-0.15, -0.1) is 0 Å². The molecule has 2 aromatic carbocycles. The number of benzene rings is 2. The van der Waals surface area contributed by atoms with Gasteiger partial charge < -0.3 is 9.47 Å². The summed E-state index contributed by atoms with van der Waals surface area (Å²) in [4.78, 5) is 26.1. The first-order valence-corrected chi connectivity index (χ1v) is 12.0. The molecular formula is C26H22Cl2N2O4. The largest absolute Gasteiger partial charge is 0.493 e. The fourth-order valence-electron chi connectivity index (χ4n) is 5.98. The van der Waals surface area contributed by atoms with E-state index in [1.807, 2.05) is 6.07 Å². The lowest BCUT2D eigenvalue weighted by molar-refractivity contribution is -0.141. The Morgan fingerprint density at radius 3 is 2.35 bits per heavy atom. The summed E-state index contributed by atoms with van der Waals surface area (Å²) in [6.45, 7) is 0.247. The number of amides is 2. The number of halogens is 2. The number of hydrazone groups is 1. The Hall–Kier alpha value is -2.83. The second kappa shape index (κ2) is 7.85. The molecule has 6 rings (SSSR count). The molecule has 2 bridgehead atoms. The van der Waals surface area contributed by atoms with Gasteiger partial charge in [-0.3, -0.25) is 9.59 Å². The third-order valence-electron chi connectivity index (χ3n) is 7.74. The summed E-state index contributed by atoms with van der Waals surface area (Å²) in [7, 11) is 1.55. The van der Waals surface area contributed by atoms with Crippen LogP contribution < -0.4 is 9.47 Å². The zero-order chi connectivity index (χ0) is 23.6. The average Bonchev–Trinajstić information content (AvgIpc) is 3.43. The van der Waals surface area contributed by atoms with E-state index in [9.17, 15) is 9.59 Å². The summed E-state index contributed by atoms with van der Waals surface area (Å²) in [5.41, 5.74) is 1.66. The monoisotopic (exact) mass is 496 g/mol. The number of allylic oxidation sites excluding steroid dienone is 2. The molecule has 0 unspecified atom stereocenters. The van der Waals surface area contributed by atoms with E-state index in [0.717, 1.165) is 23.4 Å². The molecular weight excluding hydrogens is 475 g/mol. The van der Waals surface area contributed by atoms with Crippen molar-refractivity contribution < 1.29 is 19.1 Å². The number of hydrogen-bond donors (Lipinski definition) is 0. The number of carbonyl (C=O) groups excluding carboxylic acids is 2.